The minimum Gasteiger partial charge on any atom is -0.463 e. The van der Waals surface area contributed by atoms with Crippen molar-refractivity contribution in [3.63, 3.8) is 0 Å². The fourth-order valence-electron chi connectivity index (χ4n) is 3.40. The average Bonchev–Trinajstić information content (AvgIpc) is 3.00. The fraction of sp³-hybridized carbons (Fsp3) is 0.444. The van der Waals surface area contributed by atoms with Crippen molar-refractivity contribution in [3.05, 3.63) is 40.4 Å². The molecule has 8 heteroatoms. The zero-order valence-electron chi connectivity index (χ0n) is 14.9. The van der Waals surface area contributed by atoms with Gasteiger partial charge in [-0.15, -0.1) is 0 Å². The maximum absolute atomic E-state index is 5.80. The number of hydrogen-bond acceptors (Lipinski definition) is 6. The molecular weight excluding hydrogens is 396 g/mol. The van der Waals surface area contributed by atoms with Gasteiger partial charge in [0, 0.05) is 49.2 Å². The van der Waals surface area contributed by atoms with Gasteiger partial charge in [0.2, 0.25) is 0 Å². The lowest BCUT2D eigenvalue weighted by Gasteiger charge is -2.34. The maximum Gasteiger partial charge on any atom is 0.316 e. The van der Waals surface area contributed by atoms with Crippen molar-refractivity contribution in [2.24, 2.45) is 5.92 Å². The summed E-state index contributed by atoms with van der Waals surface area (Å²) in [5.41, 5.74) is 2.89. The smallest absolute Gasteiger partial charge is 0.316 e. The largest absolute Gasteiger partial charge is 0.463 e. The highest BCUT2D eigenvalue weighted by atomic mass is 79.9. The monoisotopic (exact) mass is 416 g/mol. The highest BCUT2D eigenvalue weighted by Crippen LogP contribution is 2.25. The molecule has 4 heterocycles. The highest BCUT2D eigenvalue weighted by molar-refractivity contribution is 9.10. The van der Waals surface area contributed by atoms with Gasteiger partial charge in [-0.25, -0.2) is 15.0 Å². The third-order valence-corrected chi connectivity index (χ3v) is 4.96. The Morgan fingerprint density at radius 1 is 1.19 bits per heavy atom. The fourth-order valence-corrected chi connectivity index (χ4v) is 3.60. The Hall–Kier alpha value is -2.22. The van der Waals surface area contributed by atoms with Crippen molar-refractivity contribution in [1.29, 1.82) is 0 Å². The van der Waals surface area contributed by atoms with Crippen LogP contribution < -0.4 is 9.64 Å². The van der Waals surface area contributed by atoms with Crippen LogP contribution in [0.2, 0.25) is 0 Å². The van der Waals surface area contributed by atoms with Gasteiger partial charge < -0.3 is 9.64 Å². The highest BCUT2D eigenvalue weighted by Gasteiger charge is 2.23. The minimum atomic E-state index is 0.426. The normalized spacial score (nSPS) is 17.7. The molecule has 1 atom stereocenters. The molecule has 0 aromatic carbocycles. The van der Waals surface area contributed by atoms with Crippen LogP contribution >= 0.6 is 15.9 Å². The molecule has 0 saturated carbocycles. The van der Waals surface area contributed by atoms with E-state index in [4.69, 9.17) is 4.74 Å². The summed E-state index contributed by atoms with van der Waals surface area (Å²) in [6.07, 6.45) is 5.66. The molecule has 3 aromatic rings. The Morgan fingerprint density at radius 2 is 2.00 bits per heavy atom. The number of fused-ring (bicyclic) bond motifs is 1. The molecule has 0 aliphatic carbocycles. The molecular formula is C18H21BrN6O. The SMILES string of the molecule is Cc1cc(N2CCCC(COc3ncc(Br)cn3)C2)n2nc(C)cc2n1. The number of halogens is 1. The van der Waals surface area contributed by atoms with Gasteiger partial charge >= 0.3 is 6.01 Å². The molecule has 0 bridgehead atoms. The van der Waals surface area contributed by atoms with Gasteiger partial charge in [0.25, 0.3) is 0 Å². The average molecular weight is 417 g/mol. The third kappa shape index (κ3) is 3.65. The van der Waals surface area contributed by atoms with Gasteiger partial charge in [-0.2, -0.15) is 9.61 Å². The lowest BCUT2D eigenvalue weighted by molar-refractivity contribution is 0.213. The lowest BCUT2D eigenvalue weighted by atomic mass is 9.99. The van der Waals surface area contributed by atoms with Crippen LogP contribution in [-0.2, 0) is 0 Å². The molecule has 1 aliphatic rings. The van der Waals surface area contributed by atoms with Crippen LogP contribution in [0.5, 0.6) is 6.01 Å². The zero-order valence-corrected chi connectivity index (χ0v) is 16.5. The number of nitrogens with zero attached hydrogens (tertiary/aromatic N) is 6. The van der Waals surface area contributed by atoms with Gasteiger partial charge in [-0.3, -0.25) is 0 Å². The number of aryl methyl sites for hydroxylation is 2. The first-order valence-electron chi connectivity index (χ1n) is 8.78. The first kappa shape index (κ1) is 17.2. The first-order chi connectivity index (χ1) is 12.6. The van der Waals surface area contributed by atoms with Crippen molar-refractivity contribution < 1.29 is 4.74 Å². The molecule has 1 saturated heterocycles. The summed E-state index contributed by atoms with van der Waals surface area (Å²) in [5.74, 6) is 1.53. The topological polar surface area (TPSA) is 68.4 Å². The number of rotatable bonds is 4. The molecule has 3 aromatic heterocycles. The number of aromatic nitrogens is 5. The zero-order chi connectivity index (χ0) is 18.1. The van der Waals surface area contributed by atoms with E-state index >= 15 is 0 Å². The summed E-state index contributed by atoms with van der Waals surface area (Å²) >= 11 is 3.33. The maximum atomic E-state index is 5.80. The Balaban J connectivity index is 1.49. The van der Waals surface area contributed by atoms with E-state index in [1.807, 2.05) is 24.4 Å². The molecule has 26 heavy (non-hydrogen) atoms. The van der Waals surface area contributed by atoms with Gasteiger partial charge in [0.15, 0.2) is 5.65 Å². The predicted octanol–water partition coefficient (Wildman–Crippen LogP) is 3.19. The van der Waals surface area contributed by atoms with Gasteiger partial charge in [0.05, 0.1) is 16.8 Å². The van der Waals surface area contributed by atoms with Crippen LogP contribution in [0.3, 0.4) is 0 Å². The molecule has 0 spiro atoms. The van der Waals surface area contributed by atoms with E-state index in [1.54, 1.807) is 12.4 Å². The molecule has 7 nitrogen and oxygen atoms in total. The Bertz CT molecular complexity index is 910. The molecule has 0 radical (unpaired) electrons. The summed E-state index contributed by atoms with van der Waals surface area (Å²) < 4.78 is 8.59. The van der Waals surface area contributed by atoms with Crippen LogP contribution in [0.4, 0.5) is 5.82 Å². The van der Waals surface area contributed by atoms with Gasteiger partial charge in [-0.1, -0.05) is 0 Å². The van der Waals surface area contributed by atoms with Crippen molar-refractivity contribution in [2.45, 2.75) is 26.7 Å². The Morgan fingerprint density at radius 3 is 2.81 bits per heavy atom. The Labute approximate surface area is 160 Å². The van der Waals surface area contributed by atoms with E-state index in [2.05, 4.69) is 46.9 Å². The summed E-state index contributed by atoms with van der Waals surface area (Å²) in [6, 6.07) is 4.56. The summed E-state index contributed by atoms with van der Waals surface area (Å²) in [7, 11) is 0. The first-order valence-corrected chi connectivity index (χ1v) is 9.57. The second-order valence-corrected chi connectivity index (χ2v) is 7.68. The van der Waals surface area contributed by atoms with Crippen LogP contribution in [0, 0.1) is 19.8 Å². The standard InChI is InChI=1S/C18H21BrN6O/c1-12-7-17(25-16(22-12)6-13(2)23-25)24-5-3-4-14(10-24)11-26-18-20-8-15(19)9-21-18/h6-9,14H,3-5,10-11H2,1-2H3. The second-order valence-electron chi connectivity index (χ2n) is 6.76. The summed E-state index contributed by atoms with van der Waals surface area (Å²) in [6.45, 7) is 6.58. The van der Waals surface area contributed by atoms with Crippen LogP contribution in [0.15, 0.2) is 29.0 Å². The number of hydrogen-bond donors (Lipinski definition) is 0. The van der Waals surface area contributed by atoms with Crippen molar-refractivity contribution in [1.82, 2.24) is 24.6 Å². The van der Waals surface area contributed by atoms with E-state index in [1.165, 1.54) is 0 Å². The Kier molecular flexibility index (Phi) is 4.76. The molecule has 0 N–H and O–H groups in total. The van der Waals surface area contributed by atoms with E-state index < -0.39 is 0 Å². The lowest BCUT2D eigenvalue weighted by Crippen LogP contribution is -2.39. The van der Waals surface area contributed by atoms with Crippen LogP contribution in [-0.4, -0.2) is 44.3 Å². The quantitative estimate of drug-likeness (QED) is 0.650. The van der Waals surface area contributed by atoms with E-state index in [0.29, 0.717) is 18.5 Å². The number of piperidine rings is 1. The molecule has 136 valence electrons. The molecule has 1 aliphatic heterocycles. The predicted molar refractivity (Wildman–Crippen MR) is 103 cm³/mol. The van der Waals surface area contributed by atoms with Gasteiger partial charge in [0.1, 0.15) is 5.82 Å². The number of anilines is 1. The molecule has 1 unspecified atom stereocenters. The second kappa shape index (κ2) is 7.19. The molecule has 4 rings (SSSR count). The van der Waals surface area contributed by atoms with Gasteiger partial charge in [-0.05, 0) is 42.6 Å². The summed E-state index contributed by atoms with van der Waals surface area (Å²) in [5, 5.41) is 4.61. The van der Waals surface area contributed by atoms with E-state index in [0.717, 1.165) is 53.3 Å². The van der Waals surface area contributed by atoms with E-state index in [-0.39, 0.29) is 0 Å². The van der Waals surface area contributed by atoms with Crippen molar-refractivity contribution >= 4 is 27.4 Å². The molecule has 0 amide bonds. The van der Waals surface area contributed by atoms with E-state index in [9.17, 15) is 0 Å². The molecule has 1 fully saturated rings. The van der Waals surface area contributed by atoms with Crippen molar-refractivity contribution in [3.8, 4) is 6.01 Å². The summed E-state index contributed by atoms with van der Waals surface area (Å²) in [4.78, 5) is 15.3. The van der Waals surface area contributed by atoms with Crippen molar-refractivity contribution in [2.75, 3.05) is 24.6 Å². The van der Waals surface area contributed by atoms with Crippen LogP contribution in [0.1, 0.15) is 24.2 Å². The third-order valence-electron chi connectivity index (χ3n) is 4.55. The minimum absolute atomic E-state index is 0.426. The number of ether oxygens (including phenoxy) is 1. The van der Waals surface area contributed by atoms with Crippen LogP contribution in [0.25, 0.3) is 5.65 Å².